The summed E-state index contributed by atoms with van der Waals surface area (Å²) in [6.45, 7) is 0. The second kappa shape index (κ2) is 3.17. The molecule has 0 spiro atoms. The molecule has 0 radical (unpaired) electrons. The molecule has 0 aliphatic heterocycles. The van der Waals surface area contributed by atoms with Crippen molar-refractivity contribution < 1.29 is 4.79 Å². The Hall–Kier alpha value is -1.16. The van der Waals surface area contributed by atoms with Gasteiger partial charge in [-0.25, -0.2) is 0 Å². The van der Waals surface area contributed by atoms with Gasteiger partial charge in [0.25, 0.3) is 0 Å². The van der Waals surface area contributed by atoms with Crippen LogP contribution in [-0.2, 0) is 4.79 Å². The summed E-state index contributed by atoms with van der Waals surface area (Å²) in [6, 6.07) is 8.17. The quantitative estimate of drug-likeness (QED) is 0.672. The van der Waals surface area contributed by atoms with Gasteiger partial charge in [-0.05, 0) is 63.1 Å². The van der Waals surface area contributed by atoms with E-state index in [1.165, 1.54) is 16.7 Å². The van der Waals surface area contributed by atoms with Crippen LogP contribution in [0.5, 0.6) is 0 Å². The third kappa shape index (κ3) is 1.32. The van der Waals surface area contributed by atoms with Gasteiger partial charge in [0.1, 0.15) is 0 Å². The van der Waals surface area contributed by atoms with Crippen LogP contribution in [0, 0.1) is 0 Å². The molecule has 0 heterocycles. The molecule has 1 nitrogen and oxygen atoms in total. The Bertz CT molecular complexity index is 562. The molecule has 72 valence electrons. The Morgan fingerprint density at radius 1 is 0.933 bits per heavy atom. The Labute approximate surface area is 101 Å². The number of hydrogen-bond acceptors (Lipinski definition) is 1. The number of rotatable bonds is 0. The number of halogens is 1. The Balaban J connectivity index is 2.28. The molecule has 3 rings (SSSR count). The van der Waals surface area contributed by atoms with Crippen molar-refractivity contribution in [1.29, 1.82) is 0 Å². The first-order valence-electron chi connectivity index (χ1n) is 4.70. The molecule has 0 fully saturated rings. The lowest BCUT2D eigenvalue weighted by Crippen LogP contribution is -1.98. The molecule has 0 N–H and O–H groups in total. The number of fused-ring (bicyclic) bond motifs is 3. The summed E-state index contributed by atoms with van der Waals surface area (Å²) in [5, 5.41) is 0. The maximum Gasteiger partial charge on any atom is 0.180 e. The van der Waals surface area contributed by atoms with Crippen LogP contribution in [0.2, 0.25) is 0 Å². The number of carbonyl (C=O) groups excluding carboxylic acids is 1. The van der Waals surface area contributed by atoms with Gasteiger partial charge in [-0.1, -0.05) is 24.3 Å². The van der Waals surface area contributed by atoms with Crippen LogP contribution in [0.25, 0.3) is 11.6 Å². The van der Waals surface area contributed by atoms with Crippen LogP contribution in [0.15, 0.2) is 45.6 Å². The minimum Gasteiger partial charge on any atom is -0.290 e. The first-order chi connectivity index (χ1) is 7.25. The Morgan fingerprint density at radius 2 is 1.73 bits per heavy atom. The summed E-state index contributed by atoms with van der Waals surface area (Å²) in [4.78, 5) is 11.4. The van der Waals surface area contributed by atoms with Gasteiger partial charge in [0.15, 0.2) is 5.78 Å². The first-order valence-corrected chi connectivity index (χ1v) is 5.78. The summed E-state index contributed by atoms with van der Waals surface area (Å²) in [5.74, 6) is 0.0863. The highest BCUT2D eigenvalue weighted by Gasteiger charge is 2.23. The van der Waals surface area contributed by atoms with Gasteiger partial charge in [-0.15, -0.1) is 0 Å². The first kappa shape index (κ1) is 9.09. The number of allylic oxidation sites excluding steroid dienone is 5. The van der Waals surface area contributed by atoms with Crippen molar-refractivity contribution in [2.24, 2.45) is 0 Å². The third-order valence-corrected chi connectivity index (χ3v) is 3.55. The Morgan fingerprint density at radius 3 is 2.60 bits per heavy atom. The van der Waals surface area contributed by atoms with Crippen molar-refractivity contribution in [3.63, 3.8) is 0 Å². The summed E-state index contributed by atoms with van der Waals surface area (Å²) < 4.78 is 1.03. The van der Waals surface area contributed by atoms with E-state index in [-0.39, 0.29) is 5.78 Å². The summed E-state index contributed by atoms with van der Waals surface area (Å²) >= 11 is 2.22. The molecule has 1 aromatic carbocycles. The van der Waals surface area contributed by atoms with Crippen LogP contribution in [0.1, 0.15) is 11.1 Å². The van der Waals surface area contributed by atoms with Crippen LogP contribution >= 0.6 is 22.6 Å². The van der Waals surface area contributed by atoms with E-state index in [0.717, 1.165) is 9.15 Å². The lowest BCUT2D eigenvalue weighted by Gasteiger charge is -2.10. The van der Waals surface area contributed by atoms with Crippen LogP contribution in [0.4, 0.5) is 0 Å². The van der Waals surface area contributed by atoms with Gasteiger partial charge >= 0.3 is 0 Å². The predicted octanol–water partition coefficient (Wildman–Crippen LogP) is 3.37. The van der Waals surface area contributed by atoms with Crippen molar-refractivity contribution in [3.8, 4) is 0 Å². The fraction of sp³-hybridized carbons (Fsp3) is 0. The lowest BCUT2D eigenvalue weighted by atomic mass is 9.97. The van der Waals surface area contributed by atoms with Gasteiger partial charge in [0, 0.05) is 3.58 Å². The largest absolute Gasteiger partial charge is 0.290 e. The van der Waals surface area contributed by atoms with Gasteiger partial charge in [-0.3, -0.25) is 4.79 Å². The highest BCUT2D eigenvalue weighted by molar-refractivity contribution is 14.1. The highest BCUT2D eigenvalue weighted by atomic mass is 127. The molecule has 0 bridgehead atoms. The lowest BCUT2D eigenvalue weighted by molar-refractivity contribution is -0.110. The minimum absolute atomic E-state index is 0.0863. The van der Waals surface area contributed by atoms with Crippen LogP contribution in [-0.4, -0.2) is 5.78 Å². The minimum atomic E-state index is 0.0863. The summed E-state index contributed by atoms with van der Waals surface area (Å²) in [6.07, 6.45) is 5.55. The van der Waals surface area contributed by atoms with E-state index in [9.17, 15) is 4.79 Å². The van der Waals surface area contributed by atoms with E-state index in [4.69, 9.17) is 0 Å². The van der Waals surface area contributed by atoms with Gasteiger partial charge in [-0.2, -0.15) is 0 Å². The van der Waals surface area contributed by atoms with Gasteiger partial charge < -0.3 is 0 Å². The van der Waals surface area contributed by atoms with E-state index < -0.39 is 0 Å². The van der Waals surface area contributed by atoms with Crippen molar-refractivity contribution in [1.82, 2.24) is 0 Å². The maximum atomic E-state index is 11.4. The third-order valence-electron chi connectivity index (χ3n) is 2.65. The monoisotopic (exact) mass is 306 g/mol. The molecule has 0 saturated carbocycles. The molecular weight excluding hydrogens is 299 g/mol. The molecule has 0 aromatic heterocycles. The molecule has 0 amide bonds. The fourth-order valence-electron chi connectivity index (χ4n) is 1.99. The molecular formula is C13H7IO. The van der Waals surface area contributed by atoms with E-state index in [1.807, 2.05) is 12.1 Å². The molecule has 0 atom stereocenters. The van der Waals surface area contributed by atoms with Crippen LogP contribution < -0.4 is 0 Å². The number of ketones is 1. The zero-order chi connectivity index (χ0) is 10.4. The molecule has 15 heavy (non-hydrogen) atoms. The van der Waals surface area contributed by atoms with E-state index in [1.54, 1.807) is 12.2 Å². The zero-order valence-corrected chi connectivity index (χ0v) is 9.99. The van der Waals surface area contributed by atoms with Crippen LogP contribution in [0.3, 0.4) is 0 Å². The van der Waals surface area contributed by atoms with Gasteiger partial charge in [0.2, 0.25) is 0 Å². The molecule has 0 unspecified atom stereocenters. The molecule has 2 heteroatoms. The predicted molar refractivity (Wildman–Crippen MR) is 69.5 cm³/mol. The molecule has 2 aliphatic rings. The molecule has 2 aliphatic carbocycles. The standard InChI is InChI=1S/C13H7IO/c14-13-7-9(15)6-11-10-4-2-1-3-8(10)5-12(11)13/h1-7H. The molecule has 1 aromatic rings. The van der Waals surface area contributed by atoms with Crippen molar-refractivity contribution >= 4 is 40.0 Å². The van der Waals surface area contributed by atoms with E-state index >= 15 is 0 Å². The SMILES string of the molecule is O=C1C=C(I)C2=Cc3ccccc3C2=C1. The van der Waals surface area contributed by atoms with E-state index in [2.05, 4.69) is 40.8 Å². The second-order valence-electron chi connectivity index (χ2n) is 3.60. The Kier molecular flexibility index (Phi) is 1.92. The summed E-state index contributed by atoms with van der Waals surface area (Å²) in [5.41, 5.74) is 4.62. The topological polar surface area (TPSA) is 17.1 Å². The average molecular weight is 306 g/mol. The second-order valence-corrected chi connectivity index (χ2v) is 4.76. The number of benzene rings is 1. The number of hydrogen-bond donors (Lipinski definition) is 0. The van der Waals surface area contributed by atoms with Gasteiger partial charge in [0.05, 0.1) is 0 Å². The zero-order valence-electron chi connectivity index (χ0n) is 7.83. The van der Waals surface area contributed by atoms with Crippen molar-refractivity contribution in [3.05, 3.63) is 56.7 Å². The van der Waals surface area contributed by atoms with Crippen molar-refractivity contribution in [2.45, 2.75) is 0 Å². The normalized spacial score (nSPS) is 17.7. The molecule has 0 saturated heterocycles. The maximum absolute atomic E-state index is 11.4. The highest BCUT2D eigenvalue weighted by Crippen LogP contribution is 2.42. The van der Waals surface area contributed by atoms with E-state index in [0.29, 0.717) is 0 Å². The number of carbonyl (C=O) groups is 1. The average Bonchev–Trinajstić information content (AvgIpc) is 2.57. The van der Waals surface area contributed by atoms with Crippen molar-refractivity contribution in [2.75, 3.05) is 0 Å². The fourth-order valence-corrected chi connectivity index (χ4v) is 2.74. The summed E-state index contributed by atoms with van der Waals surface area (Å²) in [7, 11) is 0. The smallest absolute Gasteiger partial charge is 0.180 e.